The van der Waals surface area contributed by atoms with Crippen molar-refractivity contribution in [2.75, 3.05) is 5.32 Å². The third-order valence-electron chi connectivity index (χ3n) is 4.79. The third-order valence-corrected chi connectivity index (χ3v) is 5.72. The molecule has 30 heavy (non-hydrogen) atoms. The molecule has 0 spiro atoms. The molecule has 0 fully saturated rings. The maximum atomic E-state index is 13.2. The van der Waals surface area contributed by atoms with Crippen LogP contribution >= 0.6 is 11.3 Å². The highest BCUT2D eigenvalue weighted by molar-refractivity contribution is 7.22. The van der Waals surface area contributed by atoms with E-state index in [1.807, 2.05) is 79.7 Å². The molecular weight excluding hydrogens is 392 g/mol. The van der Waals surface area contributed by atoms with E-state index in [1.165, 1.54) is 16.9 Å². The molecule has 0 bridgehead atoms. The fourth-order valence-electron chi connectivity index (χ4n) is 3.31. The molecule has 0 aliphatic carbocycles. The minimum Gasteiger partial charge on any atom is -0.298 e. The summed E-state index contributed by atoms with van der Waals surface area (Å²) in [5, 5.41) is 8.24. The van der Waals surface area contributed by atoms with Gasteiger partial charge in [-0.05, 0) is 36.8 Å². The molecule has 0 unspecified atom stereocenters. The fourth-order valence-corrected chi connectivity index (χ4v) is 4.27. The Hall–Kier alpha value is -3.77. The number of aromatic nitrogens is 3. The average molecular weight is 411 g/mol. The number of thiazole rings is 1. The molecule has 0 aliphatic heterocycles. The smallest absolute Gasteiger partial charge is 0.261 e. The minimum absolute atomic E-state index is 0.230. The Kier molecular flexibility index (Phi) is 4.61. The molecule has 0 saturated carbocycles. The van der Waals surface area contributed by atoms with Crippen LogP contribution in [0.2, 0.25) is 0 Å². The number of carbonyl (C=O) groups is 1. The van der Waals surface area contributed by atoms with E-state index in [2.05, 4.69) is 16.4 Å². The van der Waals surface area contributed by atoms with Crippen LogP contribution in [0.15, 0.2) is 85.1 Å². The maximum absolute atomic E-state index is 13.2. The van der Waals surface area contributed by atoms with E-state index in [0.29, 0.717) is 16.4 Å². The van der Waals surface area contributed by atoms with E-state index in [4.69, 9.17) is 5.10 Å². The van der Waals surface area contributed by atoms with Gasteiger partial charge in [0.15, 0.2) is 5.13 Å². The van der Waals surface area contributed by atoms with Crippen molar-refractivity contribution in [3.8, 4) is 16.9 Å². The number of nitrogens with one attached hydrogen (secondary N) is 1. The van der Waals surface area contributed by atoms with Gasteiger partial charge in [0.25, 0.3) is 5.91 Å². The summed E-state index contributed by atoms with van der Waals surface area (Å²) in [7, 11) is 0. The SMILES string of the molecule is Cc1ccc2nc(NC(=O)c3cn(-c4ccccc4)nc3-c3ccccc3)sc2c1. The van der Waals surface area contributed by atoms with Crippen molar-refractivity contribution in [1.29, 1.82) is 0 Å². The van der Waals surface area contributed by atoms with Crippen LogP contribution in [0.3, 0.4) is 0 Å². The first-order valence-corrected chi connectivity index (χ1v) is 10.4. The summed E-state index contributed by atoms with van der Waals surface area (Å²) in [5.74, 6) is -0.230. The monoisotopic (exact) mass is 410 g/mol. The zero-order valence-corrected chi connectivity index (χ0v) is 17.1. The van der Waals surface area contributed by atoms with Crippen molar-refractivity contribution in [3.05, 3.63) is 96.2 Å². The number of nitrogens with zero attached hydrogens (tertiary/aromatic N) is 3. The molecule has 2 heterocycles. The van der Waals surface area contributed by atoms with Crippen molar-refractivity contribution in [3.63, 3.8) is 0 Å². The van der Waals surface area contributed by atoms with Gasteiger partial charge in [-0.1, -0.05) is 65.9 Å². The van der Waals surface area contributed by atoms with E-state index in [1.54, 1.807) is 10.9 Å². The van der Waals surface area contributed by atoms with Crippen LogP contribution in [0.4, 0.5) is 5.13 Å². The molecule has 1 amide bonds. The van der Waals surface area contributed by atoms with Gasteiger partial charge in [-0.3, -0.25) is 10.1 Å². The van der Waals surface area contributed by atoms with Crippen LogP contribution in [0.25, 0.3) is 27.2 Å². The van der Waals surface area contributed by atoms with Gasteiger partial charge in [0.05, 0.1) is 21.5 Å². The summed E-state index contributed by atoms with van der Waals surface area (Å²) in [4.78, 5) is 17.7. The number of fused-ring (bicyclic) bond motifs is 1. The zero-order chi connectivity index (χ0) is 20.5. The molecule has 5 nitrogen and oxygen atoms in total. The van der Waals surface area contributed by atoms with E-state index < -0.39 is 0 Å². The third kappa shape index (κ3) is 3.49. The summed E-state index contributed by atoms with van der Waals surface area (Å²) in [6.07, 6.45) is 1.77. The number of rotatable bonds is 4. The Morgan fingerprint density at radius 1 is 0.967 bits per heavy atom. The predicted octanol–water partition coefficient (Wildman–Crippen LogP) is 5.71. The Bertz CT molecular complexity index is 1340. The fraction of sp³-hybridized carbons (Fsp3) is 0.0417. The topological polar surface area (TPSA) is 59.8 Å². The van der Waals surface area contributed by atoms with Gasteiger partial charge in [0, 0.05) is 11.8 Å². The lowest BCUT2D eigenvalue weighted by Gasteiger charge is -2.02. The van der Waals surface area contributed by atoms with Crippen molar-refractivity contribution in [2.45, 2.75) is 6.92 Å². The summed E-state index contributed by atoms with van der Waals surface area (Å²) in [6.45, 7) is 2.04. The summed E-state index contributed by atoms with van der Waals surface area (Å²) in [5.41, 5.74) is 4.96. The van der Waals surface area contributed by atoms with Crippen molar-refractivity contribution in [1.82, 2.24) is 14.8 Å². The number of hydrogen-bond donors (Lipinski definition) is 1. The van der Waals surface area contributed by atoms with Gasteiger partial charge in [-0.15, -0.1) is 0 Å². The van der Waals surface area contributed by atoms with Crippen LogP contribution in [-0.2, 0) is 0 Å². The molecule has 0 radical (unpaired) electrons. The van der Waals surface area contributed by atoms with Crippen LogP contribution in [-0.4, -0.2) is 20.7 Å². The molecule has 5 rings (SSSR count). The van der Waals surface area contributed by atoms with Gasteiger partial charge >= 0.3 is 0 Å². The molecule has 5 aromatic rings. The quantitative estimate of drug-likeness (QED) is 0.413. The van der Waals surface area contributed by atoms with Gasteiger partial charge in [0.2, 0.25) is 0 Å². The highest BCUT2D eigenvalue weighted by atomic mass is 32.1. The van der Waals surface area contributed by atoms with E-state index >= 15 is 0 Å². The summed E-state index contributed by atoms with van der Waals surface area (Å²) in [6, 6.07) is 25.6. The van der Waals surface area contributed by atoms with Crippen LogP contribution in [0.1, 0.15) is 15.9 Å². The second-order valence-corrected chi connectivity index (χ2v) is 8.01. The number of carbonyl (C=O) groups excluding carboxylic acids is 1. The van der Waals surface area contributed by atoms with E-state index in [0.717, 1.165) is 21.5 Å². The van der Waals surface area contributed by atoms with Crippen molar-refractivity contribution in [2.24, 2.45) is 0 Å². The van der Waals surface area contributed by atoms with E-state index in [9.17, 15) is 4.79 Å². The molecule has 146 valence electrons. The highest BCUT2D eigenvalue weighted by Gasteiger charge is 2.20. The first kappa shape index (κ1) is 18.3. The lowest BCUT2D eigenvalue weighted by Crippen LogP contribution is -2.12. The Balaban J connectivity index is 1.54. The number of para-hydroxylation sites is 1. The number of benzene rings is 3. The molecule has 0 atom stereocenters. The summed E-state index contributed by atoms with van der Waals surface area (Å²) >= 11 is 1.47. The van der Waals surface area contributed by atoms with Crippen molar-refractivity contribution >= 4 is 32.6 Å². The lowest BCUT2D eigenvalue weighted by molar-refractivity contribution is 0.102. The highest BCUT2D eigenvalue weighted by Crippen LogP contribution is 2.29. The maximum Gasteiger partial charge on any atom is 0.261 e. The number of anilines is 1. The Labute approximate surface area is 177 Å². The molecule has 6 heteroatoms. The molecular formula is C24H18N4OS. The Morgan fingerprint density at radius 2 is 1.70 bits per heavy atom. The normalized spacial score (nSPS) is 11.0. The summed E-state index contributed by atoms with van der Waals surface area (Å²) < 4.78 is 2.78. The van der Waals surface area contributed by atoms with Gasteiger partial charge in [-0.2, -0.15) is 5.10 Å². The van der Waals surface area contributed by atoms with Crippen LogP contribution in [0, 0.1) is 6.92 Å². The van der Waals surface area contributed by atoms with Crippen LogP contribution < -0.4 is 5.32 Å². The second-order valence-electron chi connectivity index (χ2n) is 6.98. The molecule has 2 aromatic heterocycles. The van der Waals surface area contributed by atoms with E-state index in [-0.39, 0.29) is 5.91 Å². The first-order chi connectivity index (χ1) is 14.7. The average Bonchev–Trinajstić information content (AvgIpc) is 3.39. The molecule has 0 saturated heterocycles. The van der Waals surface area contributed by atoms with Crippen LogP contribution in [0.5, 0.6) is 0 Å². The lowest BCUT2D eigenvalue weighted by atomic mass is 10.1. The first-order valence-electron chi connectivity index (χ1n) is 9.56. The molecule has 3 aromatic carbocycles. The Morgan fingerprint density at radius 3 is 2.47 bits per heavy atom. The number of aryl methyl sites for hydroxylation is 1. The standard InChI is InChI=1S/C24H18N4OS/c1-16-12-13-20-21(14-16)30-24(25-20)26-23(29)19-15-28(18-10-6-3-7-11-18)27-22(19)17-8-4-2-5-9-17/h2-15H,1H3,(H,25,26,29). The molecule has 0 aliphatic rings. The van der Waals surface area contributed by atoms with Crippen molar-refractivity contribution < 1.29 is 4.79 Å². The molecule has 1 N–H and O–H groups in total. The number of hydrogen-bond acceptors (Lipinski definition) is 4. The predicted molar refractivity (Wildman–Crippen MR) is 121 cm³/mol. The largest absolute Gasteiger partial charge is 0.298 e. The van der Waals surface area contributed by atoms with Gasteiger partial charge in [-0.25, -0.2) is 9.67 Å². The second kappa shape index (κ2) is 7.57. The van der Waals surface area contributed by atoms with Gasteiger partial charge in [0.1, 0.15) is 5.69 Å². The number of amides is 1. The zero-order valence-electron chi connectivity index (χ0n) is 16.2. The van der Waals surface area contributed by atoms with Gasteiger partial charge < -0.3 is 0 Å². The minimum atomic E-state index is -0.230.